The van der Waals surface area contributed by atoms with Crippen LogP contribution in [0, 0.1) is 0 Å². The number of carbonyl (C=O) groups is 1. The molecule has 1 heterocycles. The number of likely N-dealkylation sites (tertiary alicyclic amines) is 1. The second-order valence-electron chi connectivity index (χ2n) is 8.59. The van der Waals surface area contributed by atoms with Gasteiger partial charge in [0.1, 0.15) is 0 Å². The van der Waals surface area contributed by atoms with Gasteiger partial charge in [-0.1, -0.05) is 76.9 Å². The molecule has 0 saturated carbocycles. The van der Waals surface area contributed by atoms with Crippen LogP contribution in [0.25, 0.3) is 0 Å². The number of rotatable bonds is 18. The Morgan fingerprint density at radius 3 is 2.00 bits per heavy atom. The monoisotopic (exact) mass is 392 g/mol. The van der Waals surface area contributed by atoms with Crippen molar-refractivity contribution in [3.05, 3.63) is 12.2 Å². The molecule has 1 aliphatic rings. The van der Waals surface area contributed by atoms with E-state index in [0.717, 1.165) is 19.5 Å². The van der Waals surface area contributed by atoms with Crippen LogP contribution in [0.4, 0.5) is 0 Å². The molecule has 0 radical (unpaired) electrons. The maximum absolute atomic E-state index is 11.9. The lowest BCUT2D eigenvalue weighted by atomic mass is 10.1. The van der Waals surface area contributed by atoms with Crippen LogP contribution in [0.5, 0.6) is 0 Å². The van der Waals surface area contributed by atoms with Crippen LogP contribution >= 0.6 is 0 Å². The van der Waals surface area contributed by atoms with Crippen molar-refractivity contribution in [1.29, 1.82) is 0 Å². The normalized spacial score (nSPS) is 15.3. The Morgan fingerprint density at radius 2 is 1.36 bits per heavy atom. The first kappa shape index (κ1) is 25.2. The Labute approximate surface area is 175 Å². The van der Waals surface area contributed by atoms with Crippen molar-refractivity contribution in [1.82, 2.24) is 10.2 Å². The Morgan fingerprint density at radius 1 is 0.786 bits per heavy atom. The molecule has 0 unspecified atom stereocenters. The molecular weight excluding hydrogens is 344 g/mol. The van der Waals surface area contributed by atoms with E-state index in [9.17, 15) is 4.79 Å². The van der Waals surface area contributed by atoms with Crippen LogP contribution in [0.15, 0.2) is 12.2 Å². The standard InChI is InChI=1S/C25H48N2O/c1-2-3-4-5-6-7-8-9-10-11-12-13-14-15-17-20-25(28)26-21-24-27-22-18-16-19-23-27/h9-10H,2-8,11-24H2,1H3,(H,26,28). The molecular formula is C25H48N2O. The lowest BCUT2D eigenvalue weighted by Gasteiger charge is -2.26. The molecule has 0 aromatic carbocycles. The zero-order chi connectivity index (χ0) is 20.1. The van der Waals surface area contributed by atoms with Crippen molar-refractivity contribution < 1.29 is 4.79 Å². The van der Waals surface area contributed by atoms with E-state index >= 15 is 0 Å². The highest BCUT2D eigenvalue weighted by Crippen LogP contribution is 2.10. The van der Waals surface area contributed by atoms with Gasteiger partial charge < -0.3 is 10.2 Å². The van der Waals surface area contributed by atoms with E-state index in [4.69, 9.17) is 0 Å². The van der Waals surface area contributed by atoms with Gasteiger partial charge in [0, 0.05) is 19.5 Å². The Bertz CT molecular complexity index is 375. The Kier molecular flexibility index (Phi) is 17.5. The molecule has 1 saturated heterocycles. The van der Waals surface area contributed by atoms with Crippen molar-refractivity contribution in [2.45, 2.75) is 116 Å². The van der Waals surface area contributed by atoms with E-state index in [1.807, 2.05) is 0 Å². The topological polar surface area (TPSA) is 32.3 Å². The summed E-state index contributed by atoms with van der Waals surface area (Å²) in [6.07, 6.45) is 26.4. The lowest BCUT2D eigenvalue weighted by molar-refractivity contribution is -0.121. The molecule has 0 spiro atoms. The third kappa shape index (κ3) is 16.2. The number of unbranched alkanes of at least 4 members (excludes halogenated alkanes) is 11. The summed E-state index contributed by atoms with van der Waals surface area (Å²) in [7, 11) is 0. The molecule has 28 heavy (non-hydrogen) atoms. The van der Waals surface area contributed by atoms with Crippen molar-refractivity contribution in [3.63, 3.8) is 0 Å². The summed E-state index contributed by atoms with van der Waals surface area (Å²) in [4.78, 5) is 14.4. The summed E-state index contributed by atoms with van der Waals surface area (Å²) in [5.41, 5.74) is 0. The molecule has 1 rings (SSSR count). The van der Waals surface area contributed by atoms with Gasteiger partial charge in [0.15, 0.2) is 0 Å². The lowest BCUT2D eigenvalue weighted by Crippen LogP contribution is -2.37. The predicted molar refractivity (Wildman–Crippen MR) is 123 cm³/mol. The molecule has 164 valence electrons. The minimum atomic E-state index is 0.245. The van der Waals surface area contributed by atoms with E-state index in [0.29, 0.717) is 6.42 Å². The minimum absolute atomic E-state index is 0.245. The summed E-state index contributed by atoms with van der Waals surface area (Å²) in [6, 6.07) is 0. The Hall–Kier alpha value is -0.830. The number of hydrogen-bond acceptors (Lipinski definition) is 2. The molecule has 3 nitrogen and oxygen atoms in total. The fourth-order valence-corrected chi connectivity index (χ4v) is 3.98. The molecule has 0 aromatic rings. The van der Waals surface area contributed by atoms with Crippen LogP contribution in [-0.4, -0.2) is 37.0 Å². The van der Waals surface area contributed by atoms with Gasteiger partial charge in [-0.25, -0.2) is 0 Å². The van der Waals surface area contributed by atoms with Gasteiger partial charge in [0.25, 0.3) is 0 Å². The molecule has 3 heteroatoms. The van der Waals surface area contributed by atoms with E-state index in [2.05, 4.69) is 29.3 Å². The van der Waals surface area contributed by atoms with Crippen LogP contribution in [0.1, 0.15) is 116 Å². The van der Waals surface area contributed by atoms with Crippen LogP contribution in [-0.2, 0) is 4.79 Å². The SMILES string of the molecule is CCCCCCCCC=CCCCCCCCC(=O)NCCN1CCCCC1. The average molecular weight is 393 g/mol. The van der Waals surface area contributed by atoms with Crippen molar-refractivity contribution in [2.75, 3.05) is 26.2 Å². The first-order valence-electron chi connectivity index (χ1n) is 12.5. The highest BCUT2D eigenvalue weighted by Gasteiger charge is 2.09. The molecule has 0 aliphatic carbocycles. The van der Waals surface area contributed by atoms with E-state index in [1.165, 1.54) is 109 Å². The molecule has 0 bridgehead atoms. The number of amides is 1. The zero-order valence-electron chi connectivity index (χ0n) is 18.9. The van der Waals surface area contributed by atoms with Gasteiger partial charge in [-0.3, -0.25) is 4.79 Å². The number of piperidine rings is 1. The number of carbonyl (C=O) groups excluding carboxylic acids is 1. The summed E-state index contributed by atoms with van der Waals surface area (Å²) in [6.45, 7) is 6.55. The average Bonchev–Trinajstić information content (AvgIpc) is 2.71. The second-order valence-corrected chi connectivity index (χ2v) is 8.59. The van der Waals surface area contributed by atoms with Crippen LogP contribution in [0.2, 0.25) is 0 Å². The van der Waals surface area contributed by atoms with E-state index < -0.39 is 0 Å². The molecule has 1 amide bonds. The first-order valence-corrected chi connectivity index (χ1v) is 12.5. The number of nitrogens with one attached hydrogen (secondary N) is 1. The van der Waals surface area contributed by atoms with Gasteiger partial charge in [-0.2, -0.15) is 0 Å². The molecule has 0 atom stereocenters. The third-order valence-electron chi connectivity index (χ3n) is 5.86. The highest BCUT2D eigenvalue weighted by atomic mass is 16.1. The van der Waals surface area contributed by atoms with Crippen LogP contribution < -0.4 is 5.32 Å². The van der Waals surface area contributed by atoms with Crippen molar-refractivity contribution in [3.8, 4) is 0 Å². The maximum Gasteiger partial charge on any atom is 0.220 e. The summed E-state index contributed by atoms with van der Waals surface area (Å²) in [5.74, 6) is 0.245. The minimum Gasteiger partial charge on any atom is -0.355 e. The number of hydrogen-bond donors (Lipinski definition) is 1. The summed E-state index contributed by atoms with van der Waals surface area (Å²) >= 11 is 0. The fraction of sp³-hybridized carbons (Fsp3) is 0.880. The smallest absolute Gasteiger partial charge is 0.220 e. The van der Waals surface area contributed by atoms with Crippen molar-refractivity contribution in [2.24, 2.45) is 0 Å². The first-order chi connectivity index (χ1) is 13.8. The molecule has 1 aliphatic heterocycles. The van der Waals surface area contributed by atoms with E-state index in [-0.39, 0.29) is 5.91 Å². The van der Waals surface area contributed by atoms with E-state index in [1.54, 1.807) is 0 Å². The van der Waals surface area contributed by atoms with Crippen molar-refractivity contribution >= 4 is 5.91 Å². The fourth-order valence-electron chi connectivity index (χ4n) is 3.98. The molecule has 1 fully saturated rings. The largest absolute Gasteiger partial charge is 0.355 e. The predicted octanol–water partition coefficient (Wildman–Crippen LogP) is 6.63. The summed E-state index contributed by atoms with van der Waals surface area (Å²) in [5, 5.41) is 3.09. The maximum atomic E-state index is 11.9. The highest BCUT2D eigenvalue weighted by molar-refractivity contribution is 5.75. The van der Waals surface area contributed by atoms with Gasteiger partial charge >= 0.3 is 0 Å². The number of allylic oxidation sites excluding steroid dienone is 2. The summed E-state index contributed by atoms with van der Waals surface area (Å²) < 4.78 is 0. The third-order valence-corrected chi connectivity index (χ3v) is 5.86. The van der Waals surface area contributed by atoms with Gasteiger partial charge in [0.05, 0.1) is 0 Å². The number of nitrogens with zero attached hydrogens (tertiary/aromatic N) is 1. The van der Waals surface area contributed by atoms with Gasteiger partial charge in [-0.15, -0.1) is 0 Å². The second kappa shape index (κ2) is 19.5. The zero-order valence-corrected chi connectivity index (χ0v) is 18.9. The van der Waals surface area contributed by atoms with Crippen LogP contribution in [0.3, 0.4) is 0 Å². The molecule has 0 aromatic heterocycles. The Balaban J connectivity index is 1.77. The quantitative estimate of drug-likeness (QED) is 0.210. The van der Waals surface area contributed by atoms with Gasteiger partial charge in [-0.05, 0) is 58.0 Å². The van der Waals surface area contributed by atoms with Gasteiger partial charge in [0.2, 0.25) is 5.91 Å². The molecule has 1 N–H and O–H groups in total.